The number of nitrogens with two attached hydrogens (primary N) is 1. The minimum absolute atomic E-state index is 0.000119. The number of fused-ring (bicyclic) bond motifs is 3. The van der Waals surface area contributed by atoms with Crippen LogP contribution in [0.2, 0.25) is 0 Å². The fourth-order valence-corrected chi connectivity index (χ4v) is 4.92. The van der Waals surface area contributed by atoms with Gasteiger partial charge in [-0.3, -0.25) is 9.78 Å². The Bertz CT molecular complexity index is 1490. The summed E-state index contributed by atoms with van der Waals surface area (Å²) in [6, 6.07) is 13.2. The quantitative estimate of drug-likeness (QED) is 0.541. The van der Waals surface area contributed by atoms with Gasteiger partial charge in [-0.1, -0.05) is 23.7 Å². The molecule has 1 unspecified atom stereocenters. The Balaban J connectivity index is 1.26. The smallest absolute Gasteiger partial charge is 0.253 e. The summed E-state index contributed by atoms with van der Waals surface area (Å²) in [6.07, 6.45) is 10.8. The van der Waals surface area contributed by atoms with E-state index in [9.17, 15) is 4.79 Å². The van der Waals surface area contributed by atoms with Crippen molar-refractivity contribution < 1.29 is 4.79 Å². The second-order valence-electron chi connectivity index (χ2n) is 9.16. The Morgan fingerprint density at radius 2 is 1.95 bits per heavy atom. The number of aromatic nitrogens is 3. The summed E-state index contributed by atoms with van der Waals surface area (Å²) in [6.45, 7) is 1.29. The van der Waals surface area contributed by atoms with Crippen molar-refractivity contribution in [2.75, 3.05) is 18.4 Å². The zero-order valence-corrected chi connectivity index (χ0v) is 20.7. The van der Waals surface area contributed by atoms with Gasteiger partial charge in [-0.05, 0) is 60.9 Å². The molecule has 0 bridgehead atoms. The molecule has 37 heavy (non-hydrogen) atoms. The number of aliphatic imine (C=N–C) groups is 1. The summed E-state index contributed by atoms with van der Waals surface area (Å²) in [4.78, 5) is 32.8. The van der Waals surface area contributed by atoms with Gasteiger partial charge in [0, 0.05) is 65.7 Å². The van der Waals surface area contributed by atoms with Crippen molar-refractivity contribution in [3.05, 3.63) is 101 Å². The number of hydrogen-bond donors (Lipinski definition) is 2. The van der Waals surface area contributed by atoms with E-state index in [1.165, 1.54) is 0 Å². The number of allylic oxidation sites excluding steroid dienone is 5. The van der Waals surface area contributed by atoms with Gasteiger partial charge in [-0.2, -0.15) is 0 Å². The Labute approximate surface area is 219 Å². The summed E-state index contributed by atoms with van der Waals surface area (Å²) >= 11 is 6.38. The number of halogens is 1. The number of amides is 1. The summed E-state index contributed by atoms with van der Waals surface area (Å²) < 4.78 is 0. The van der Waals surface area contributed by atoms with Crippen LogP contribution in [0.25, 0.3) is 11.1 Å². The number of carbonyl (C=O) groups is 1. The Kier molecular flexibility index (Phi) is 6.12. The molecule has 3 aliphatic rings. The zero-order chi connectivity index (χ0) is 25.4. The molecule has 9 heteroatoms. The summed E-state index contributed by atoms with van der Waals surface area (Å²) in [5.74, 6) is 0.452. The molecule has 184 valence electrons. The van der Waals surface area contributed by atoms with E-state index < -0.39 is 0 Å². The van der Waals surface area contributed by atoms with Gasteiger partial charge >= 0.3 is 0 Å². The standard InChI is InChI=1S/C28H24ClN7O/c29-25-13-22(24-3-1-2-11-31-24)21-9-6-18-14-33-28(35-26(18)23(21)15-32-25)34-20-7-4-17(5-8-20)27(37)36-12-10-19(30)16-36/h1-5,7-9,11,13-15,19H,6,10,12,16,30H2,(H,33,34,35). The molecule has 3 N–H and O–H groups in total. The third-order valence-corrected chi connectivity index (χ3v) is 6.85. The number of benzene rings is 1. The maximum absolute atomic E-state index is 12.7. The average molecular weight is 510 g/mol. The maximum atomic E-state index is 12.7. The van der Waals surface area contributed by atoms with E-state index in [1.54, 1.807) is 17.3 Å². The average Bonchev–Trinajstić information content (AvgIpc) is 3.29. The minimum Gasteiger partial charge on any atom is -0.337 e. The van der Waals surface area contributed by atoms with Gasteiger partial charge in [0.1, 0.15) is 5.17 Å². The molecule has 2 aliphatic heterocycles. The molecule has 1 amide bonds. The lowest BCUT2D eigenvalue weighted by molar-refractivity contribution is 0.0791. The monoisotopic (exact) mass is 509 g/mol. The van der Waals surface area contributed by atoms with Gasteiger partial charge in [0.25, 0.3) is 5.91 Å². The Morgan fingerprint density at radius 1 is 1.08 bits per heavy atom. The van der Waals surface area contributed by atoms with E-state index in [0.29, 0.717) is 36.2 Å². The van der Waals surface area contributed by atoms with Crippen LogP contribution >= 0.6 is 11.6 Å². The molecule has 4 heterocycles. The Morgan fingerprint density at radius 3 is 2.70 bits per heavy atom. The van der Waals surface area contributed by atoms with Crippen molar-refractivity contribution >= 4 is 45.5 Å². The summed E-state index contributed by atoms with van der Waals surface area (Å²) in [5.41, 5.74) is 12.7. The third-order valence-electron chi connectivity index (χ3n) is 6.65. The van der Waals surface area contributed by atoms with Gasteiger partial charge in [-0.15, -0.1) is 0 Å². The van der Waals surface area contributed by atoms with Gasteiger partial charge in [-0.25, -0.2) is 15.0 Å². The third kappa shape index (κ3) is 4.69. The predicted octanol–water partition coefficient (Wildman–Crippen LogP) is 4.35. The van der Waals surface area contributed by atoms with Crippen LogP contribution in [0, 0.1) is 0 Å². The molecule has 1 aliphatic carbocycles. The number of likely N-dealkylation sites (tertiary alicyclic amines) is 1. The first-order valence-corrected chi connectivity index (χ1v) is 12.5. The van der Waals surface area contributed by atoms with Crippen LogP contribution in [-0.4, -0.2) is 50.1 Å². The zero-order valence-electron chi connectivity index (χ0n) is 19.9. The molecule has 0 saturated carbocycles. The van der Waals surface area contributed by atoms with Crippen LogP contribution in [0.3, 0.4) is 0 Å². The van der Waals surface area contributed by atoms with Gasteiger partial charge < -0.3 is 16.0 Å². The van der Waals surface area contributed by atoms with Crippen LogP contribution in [0.1, 0.15) is 33.7 Å². The van der Waals surface area contributed by atoms with E-state index in [-0.39, 0.29) is 11.9 Å². The number of carbonyl (C=O) groups excluding carboxylic acids is 1. The van der Waals surface area contributed by atoms with E-state index >= 15 is 0 Å². The molecule has 1 atom stereocenters. The summed E-state index contributed by atoms with van der Waals surface area (Å²) in [5, 5.41) is 3.63. The van der Waals surface area contributed by atoms with E-state index in [1.807, 2.05) is 54.7 Å². The molecular weight excluding hydrogens is 486 g/mol. The highest BCUT2D eigenvalue weighted by molar-refractivity contribution is 6.69. The lowest BCUT2D eigenvalue weighted by atomic mass is 9.86. The van der Waals surface area contributed by atoms with Crippen molar-refractivity contribution in [2.45, 2.75) is 18.9 Å². The molecule has 8 nitrogen and oxygen atoms in total. The lowest BCUT2D eigenvalue weighted by Gasteiger charge is -2.21. The molecule has 6 rings (SSSR count). The van der Waals surface area contributed by atoms with Gasteiger partial charge in [0.15, 0.2) is 0 Å². The molecule has 0 spiro atoms. The first-order valence-electron chi connectivity index (χ1n) is 12.1. The molecule has 0 radical (unpaired) electrons. The Hall–Kier alpha value is -4.14. The second-order valence-corrected chi connectivity index (χ2v) is 9.55. The topological polar surface area (TPSA) is 109 Å². The molecule has 3 aromatic rings. The molecule has 1 aromatic carbocycles. The van der Waals surface area contributed by atoms with Gasteiger partial charge in [0.2, 0.25) is 5.95 Å². The van der Waals surface area contributed by atoms with Crippen molar-refractivity contribution in [1.82, 2.24) is 19.9 Å². The van der Waals surface area contributed by atoms with Crippen molar-refractivity contribution in [3.8, 4) is 0 Å². The number of pyridine rings is 1. The molecular formula is C28H24ClN7O. The first kappa shape index (κ1) is 23.3. The second kappa shape index (κ2) is 9.72. The fraction of sp³-hybridized carbons (Fsp3) is 0.179. The van der Waals surface area contributed by atoms with Crippen molar-refractivity contribution in [1.29, 1.82) is 0 Å². The highest BCUT2D eigenvalue weighted by Gasteiger charge is 2.26. The van der Waals surface area contributed by atoms with Crippen LogP contribution in [0.15, 0.2) is 83.8 Å². The SMILES string of the molecule is NC1CCN(C(=O)c2ccc(Nc3ncc4c(n3)C3=CN=C(Cl)C=C(c5ccccn5)C3=CC4)cc2)C1. The van der Waals surface area contributed by atoms with Crippen LogP contribution in [0.4, 0.5) is 11.6 Å². The van der Waals surface area contributed by atoms with Crippen molar-refractivity contribution in [2.24, 2.45) is 10.7 Å². The number of nitrogens with zero attached hydrogens (tertiary/aromatic N) is 5. The normalized spacial score (nSPS) is 18.5. The van der Waals surface area contributed by atoms with Crippen LogP contribution in [0.5, 0.6) is 0 Å². The minimum atomic E-state index is 0.000119. The van der Waals surface area contributed by atoms with E-state index in [0.717, 1.165) is 45.8 Å². The highest BCUT2D eigenvalue weighted by Crippen LogP contribution is 2.39. The molecule has 1 saturated heterocycles. The number of nitrogens with one attached hydrogen (secondary N) is 1. The largest absolute Gasteiger partial charge is 0.337 e. The summed E-state index contributed by atoms with van der Waals surface area (Å²) in [7, 11) is 0. The van der Waals surface area contributed by atoms with Crippen LogP contribution in [-0.2, 0) is 6.42 Å². The first-order chi connectivity index (χ1) is 18.0. The lowest BCUT2D eigenvalue weighted by Crippen LogP contribution is -2.31. The van der Waals surface area contributed by atoms with E-state index in [2.05, 4.69) is 26.4 Å². The molecule has 2 aromatic heterocycles. The maximum Gasteiger partial charge on any atom is 0.253 e. The predicted molar refractivity (Wildman–Crippen MR) is 146 cm³/mol. The van der Waals surface area contributed by atoms with E-state index in [4.69, 9.17) is 22.3 Å². The van der Waals surface area contributed by atoms with Gasteiger partial charge in [0.05, 0.1) is 11.4 Å². The highest BCUT2D eigenvalue weighted by atomic mass is 35.5. The molecule has 1 fully saturated rings. The van der Waals surface area contributed by atoms with Crippen LogP contribution < -0.4 is 11.1 Å². The fourth-order valence-electron chi connectivity index (χ4n) is 4.76. The van der Waals surface area contributed by atoms with Crippen molar-refractivity contribution in [3.63, 3.8) is 0 Å². The number of rotatable bonds is 4. The number of hydrogen-bond acceptors (Lipinski definition) is 7. The number of anilines is 2.